The maximum Gasteiger partial charge on any atom is 0.247 e. The molecule has 0 N–H and O–H groups in total. The van der Waals surface area contributed by atoms with E-state index in [1.54, 1.807) is 41.4 Å². The molecule has 0 saturated heterocycles. The van der Waals surface area contributed by atoms with E-state index in [4.69, 9.17) is 4.52 Å². The molecule has 1 atom stereocenters. The highest BCUT2D eigenvalue weighted by Crippen LogP contribution is 2.20. The van der Waals surface area contributed by atoms with Crippen molar-refractivity contribution in [2.75, 3.05) is 7.05 Å². The second kappa shape index (κ2) is 7.08. The van der Waals surface area contributed by atoms with Gasteiger partial charge in [-0.2, -0.15) is 5.10 Å². The Kier molecular flexibility index (Phi) is 4.69. The quantitative estimate of drug-likeness (QED) is 0.696. The standard InChI is InChI=1S/C17H19N5O2/c1-3-16(22-9-5-8-19-22)17(23)21(2)12-14-10-15(20-24-14)13-6-4-7-18-11-13/h4-11,16H,3,12H2,1-2H3. The van der Waals surface area contributed by atoms with E-state index in [0.29, 0.717) is 24.4 Å². The number of carbonyl (C=O) groups is 1. The molecule has 0 saturated carbocycles. The summed E-state index contributed by atoms with van der Waals surface area (Å²) in [6.07, 6.45) is 7.57. The maximum absolute atomic E-state index is 12.6. The fourth-order valence-electron chi connectivity index (χ4n) is 2.54. The average molecular weight is 325 g/mol. The van der Waals surface area contributed by atoms with Gasteiger partial charge < -0.3 is 9.42 Å². The monoisotopic (exact) mass is 325 g/mol. The van der Waals surface area contributed by atoms with Crippen LogP contribution in [0, 0.1) is 0 Å². The van der Waals surface area contributed by atoms with Crippen molar-refractivity contribution in [1.82, 2.24) is 24.8 Å². The van der Waals surface area contributed by atoms with Crippen molar-refractivity contribution in [3.8, 4) is 11.3 Å². The van der Waals surface area contributed by atoms with Gasteiger partial charge in [-0.1, -0.05) is 12.1 Å². The average Bonchev–Trinajstić information content (AvgIpc) is 3.28. The van der Waals surface area contributed by atoms with Crippen LogP contribution in [-0.4, -0.2) is 37.8 Å². The molecule has 3 aromatic rings. The van der Waals surface area contributed by atoms with E-state index < -0.39 is 0 Å². The van der Waals surface area contributed by atoms with E-state index >= 15 is 0 Å². The Hall–Kier alpha value is -2.96. The molecule has 0 aromatic carbocycles. The topological polar surface area (TPSA) is 77.0 Å². The smallest absolute Gasteiger partial charge is 0.247 e. The lowest BCUT2D eigenvalue weighted by molar-refractivity contribution is -0.134. The number of hydrogen-bond acceptors (Lipinski definition) is 5. The highest BCUT2D eigenvalue weighted by atomic mass is 16.5. The van der Waals surface area contributed by atoms with E-state index in [0.717, 1.165) is 5.56 Å². The number of rotatable bonds is 6. The molecular formula is C17H19N5O2. The molecule has 7 heteroatoms. The Labute approximate surface area is 139 Å². The molecule has 0 fully saturated rings. The van der Waals surface area contributed by atoms with Crippen molar-refractivity contribution < 1.29 is 9.32 Å². The zero-order valence-corrected chi connectivity index (χ0v) is 13.7. The molecule has 0 radical (unpaired) electrons. The van der Waals surface area contributed by atoms with Gasteiger partial charge in [0.05, 0.1) is 6.54 Å². The summed E-state index contributed by atoms with van der Waals surface area (Å²) < 4.78 is 7.03. The van der Waals surface area contributed by atoms with Crippen LogP contribution in [0.4, 0.5) is 0 Å². The summed E-state index contributed by atoms with van der Waals surface area (Å²) >= 11 is 0. The first kappa shape index (κ1) is 15.9. The third-order valence-corrected chi connectivity index (χ3v) is 3.80. The van der Waals surface area contributed by atoms with Gasteiger partial charge in [0.15, 0.2) is 5.76 Å². The maximum atomic E-state index is 12.6. The largest absolute Gasteiger partial charge is 0.359 e. The van der Waals surface area contributed by atoms with Crippen LogP contribution in [0.25, 0.3) is 11.3 Å². The van der Waals surface area contributed by atoms with Gasteiger partial charge in [-0.25, -0.2) is 0 Å². The zero-order valence-electron chi connectivity index (χ0n) is 13.7. The molecule has 0 aliphatic rings. The van der Waals surface area contributed by atoms with Gasteiger partial charge in [-0.15, -0.1) is 0 Å². The van der Waals surface area contributed by atoms with Crippen LogP contribution in [0.1, 0.15) is 25.1 Å². The van der Waals surface area contributed by atoms with Crippen molar-refractivity contribution in [2.45, 2.75) is 25.9 Å². The number of hydrogen-bond donors (Lipinski definition) is 0. The minimum Gasteiger partial charge on any atom is -0.359 e. The molecule has 3 aromatic heterocycles. The van der Waals surface area contributed by atoms with Crippen molar-refractivity contribution in [3.63, 3.8) is 0 Å². The number of aromatic nitrogens is 4. The van der Waals surface area contributed by atoms with Gasteiger partial charge >= 0.3 is 0 Å². The minimum absolute atomic E-state index is 0.0134. The second-order valence-electron chi connectivity index (χ2n) is 5.52. The molecule has 0 aliphatic heterocycles. The Balaban J connectivity index is 1.69. The summed E-state index contributed by atoms with van der Waals surface area (Å²) in [4.78, 5) is 18.3. The molecule has 3 rings (SSSR count). The number of amides is 1. The van der Waals surface area contributed by atoms with Gasteiger partial charge in [-0.3, -0.25) is 14.5 Å². The van der Waals surface area contributed by atoms with E-state index in [1.165, 1.54) is 0 Å². The SMILES string of the molecule is CCC(C(=O)N(C)Cc1cc(-c2cccnc2)no1)n1cccn1. The van der Waals surface area contributed by atoms with Gasteiger partial charge in [0.2, 0.25) is 5.91 Å². The molecule has 3 heterocycles. The summed E-state index contributed by atoms with van der Waals surface area (Å²) in [7, 11) is 1.75. The van der Waals surface area contributed by atoms with Crippen LogP contribution >= 0.6 is 0 Å². The zero-order chi connectivity index (χ0) is 16.9. The summed E-state index contributed by atoms with van der Waals surface area (Å²) in [5.74, 6) is 0.612. The van der Waals surface area contributed by atoms with Gasteiger partial charge in [0, 0.05) is 43.5 Å². The molecule has 24 heavy (non-hydrogen) atoms. The lowest BCUT2D eigenvalue weighted by Gasteiger charge is -2.22. The molecule has 0 spiro atoms. The lowest BCUT2D eigenvalue weighted by atomic mass is 10.2. The predicted molar refractivity (Wildman–Crippen MR) is 87.8 cm³/mol. The fourth-order valence-corrected chi connectivity index (χ4v) is 2.54. The number of nitrogens with zero attached hydrogens (tertiary/aromatic N) is 5. The van der Waals surface area contributed by atoms with Crippen LogP contribution in [0.15, 0.2) is 53.6 Å². The van der Waals surface area contributed by atoms with Crippen molar-refractivity contribution in [1.29, 1.82) is 0 Å². The van der Waals surface area contributed by atoms with Gasteiger partial charge in [0.25, 0.3) is 0 Å². The first-order valence-electron chi connectivity index (χ1n) is 7.79. The molecule has 1 unspecified atom stereocenters. The third-order valence-electron chi connectivity index (χ3n) is 3.80. The first-order chi connectivity index (χ1) is 11.7. The summed E-state index contributed by atoms with van der Waals surface area (Å²) in [6, 6.07) is 7.08. The first-order valence-corrected chi connectivity index (χ1v) is 7.79. The molecule has 124 valence electrons. The molecule has 7 nitrogen and oxygen atoms in total. The molecule has 1 amide bonds. The summed E-state index contributed by atoms with van der Waals surface area (Å²) in [5.41, 5.74) is 1.59. The Bertz CT molecular complexity index is 782. The van der Waals surface area contributed by atoms with Crippen LogP contribution in [0.5, 0.6) is 0 Å². The Morgan fingerprint density at radius 3 is 2.92 bits per heavy atom. The molecular weight excluding hydrogens is 306 g/mol. The highest BCUT2D eigenvalue weighted by molar-refractivity contribution is 5.80. The van der Waals surface area contributed by atoms with Crippen LogP contribution in [0.2, 0.25) is 0 Å². The Morgan fingerprint density at radius 2 is 2.25 bits per heavy atom. The summed E-state index contributed by atoms with van der Waals surface area (Å²) in [6.45, 7) is 2.32. The lowest BCUT2D eigenvalue weighted by Crippen LogP contribution is -2.34. The van der Waals surface area contributed by atoms with Crippen LogP contribution in [0.3, 0.4) is 0 Å². The number of pyridine rings is 1. The molecule has 0 bridgehead atoms. The fraction of sp³-hybridized carbons (Fsp3) is 0.294. The Morgan fingerprint density at radius 1 is 1.38 bits per heavy atom. The minimum atomic E-state index is -0.314. The van der Waals surface area contributed by atoms with Crippen molar-refractivity contribution in [3.05, 3.63) is 54.8 Å². The third kappa shape index (κ3) is 3.34. The van der Waals surface area contributed by atoms with E-state index in [-0.39, 0.29) is 11.9 Å². The van der Waals surface area contributed by atoms with E-state index in [9.17, 15) is 4.79 Å². The second-order valence-corrected chi connectivity index (χ2v) is 5.52. The molecule has 0 aliphatic carbocycles. The van der Waals surface area contributed by atoms with Crippen LogP contribution < -0.4 is 0 Å². The normalized spacial score (nSPS) is 12.1. The van der Waals surface area contributed by atoms with E-state index in [1.807, 2.05) is 31.2 Å². The van der Waals surface area contributed by atoms with Gasteiger partial charge in [-0.05, 0) is 24.6 Å². The number of carbonyl (C=O) groups excluding carboxylic acids is 1. The van der Waals surface area contributed by atoms with Crippen molar-refractivity contribution in [2.24, 2.45) is 0 Å². The highest BCUT2D eigenvalue weighted by Gasteiger charge is 2.23. The van der Waals surface area contributed by atoms with Gasteiger partial charge in [0.1, 0.15) is 11.7 Å². The van der Waals surface area contributed by atoms with Crippen molar-refractivity contribution >= 4 is 5.91 Å². The summed E-state index contributed by atoms with van der Waals surface area (Å²) in [5, 5.41) is 8.21. The van der Waals surface area contributed by atoms with Crippen LogP contribution in [-0.2, 0) is 11.3 Å². The number of likely N-dealkylation sites (N-methyl/N-ethyl adjacent to an activating group) is 1. The predicted octanol–water partition coefficient (Wildman–Crippen LogP) is 2.54. The van der Waals surface area contributed by atoms with E-state index in [2.05, 4.69) is 15.2 Å².